The Balaban J connectivity index is 2.68. The molecule has 0 saturated heterocycles. The van der Waals surface area contributed by atoms with Crippen molar-refractivity contribution in [2.75, 3.05) is 11.9 Å². The number of halogens is 4. The summed E-state index contributed by atoms with van der Waals surface area (Å²) >= 11 is 5.46. The Morgan fingerprint density at radius 1 is 1.43 bits per heavy atom. The molecule has 1 aromatic rings. The van der Waals surface area contributed by atoms with Gasteiger partial charge in [0, 0.05) is 11.8 Å². The molecule has 0 bridgehead atoms. The van der Waals surface area contributed by atoms with Crippen molar-refractivity contribution in [1.29, 1.82) is 0 Å². The van der Waals surface area contributed by atoms with Gasteiger partial charge in [0.15, 0.2) is 0 Å². The molecule has 0 fully saturated rings. The van der Waals surface area contributed by atoms with E-state index in [9.17, 15) is 13.2 Å². The SMILES string of the molecule is Cc1cc(NCC(F)(F)F)nc(Cl)n1. The van der Waals surface area contributed by atoms with E-state index in [1.54, 1.807) is 6.92 Å². The van der Waals surface area contributed by atoms with E-state index in [1.807, 2.05) is 0 Å². The molecule has 14 heavy (non-hydrogen) atoms. The van der Waals surface area contributed by atoms with Crippen LogP contribution in [0.15, 0.2) is 6.07 Å². The molecule has 0 amide bonds. The summed E-state index contributed by atoms with van der Waals surface area (Å²) < 4.78 is 35.4. The maximum Gasteiger partial charge on any atom is 0.405 e. The van der Waals surface area contributed by atoms with Gasteiger partial charge in [-0.2, -0.15) is 13.2 Å². The molecule has 0 atom stereocenters. The van der Waals surface area contributed by atoms with Crippen molar-refractivity contribution in [3.05, 3.63) is 17.0 Å². The summed E-state index contributed by atoms with van der Waals surface area (Å²) in [6, 6.07) is 1.39. The van der Waals surface area contributed by atoms with Crippen LogP contribution in [0.5, 0.6) is 0 Å². The van der Waals surface area contributed by atoms with E-state index in [1.165, 1.54) is 6.07 Å². The second-order valence-corrected chi connectivity index (χ2v) is 2.97. The number of anilines is 1. The summed E-state index contributed by atoms with van der Waals surface area (Å²) in [6.07, 6.45) is -4.27. The smallest absolute Gasteiger partial charge is 0.361 e. The van der Waals surface area contributed by atoms with Crippen LogP contribution in [0, 0.1) is 6.92 Å². The van der Waals surface area contributed by atoms with Crippen molar-refractivity contribution in [1.82, 2.24) is 9.97 Å². The van der Waals surface area contributed by atoms with E-state index < -0.39 is 12.7 Å². The van der Waals surface area contributed by atoms with Gasteiger partial charge < -0.3 is 5.32 Å². The predicted molar refractivity (Wildman–Crippen MR) is 46.3 cm³/mol. The number of nitrogens with zero attached hydrogens (tertiary/aromatic N) is 2. The highest BCUT2D eigenvalue weighted by Crippen LogP contribution is 2.16. The normalized spacial score (nSPS) is 11.5. The minimum absolute atomic E-state index is 0.0693. The molecular formula is C7H7ClF3N3. The first-order valence-electron chi connectivity index (χ1n) is 3.68. The first-order chi connectivity index (χ1) is 6.37. The van der Waals surface area contributed by atoms with Crippen LogP contribution in [0.25, 0.3) is 0 Å². The van der Waals surface area contributed by atoms with Crippen LogP contribution in [-0.2, 0) is 0 Å². The van der Waals surface area contributed by atoms with Crippen molar-refractivity contribution >= 4 is 17.4 Å². The van der Waals surface area contributed by atoms with Crippen molar-refractivity contribution < 1.29 is 13.2 Å². The fraction of sp³-hybridized carbons (Fsp3) is 0.429. The number of aromatic nitrogens is 2. The van der Waals surface area contributed by atoms with Crippen molar-refractivity contribution in [3.63, 3.8) is 0 Å². The second-order valence-electron chi connectivity index (χ2n) is 2.63. The molecule has 0 saturated carbocycles. The molecule has 1 aromatic heterocycles. The van der Waals surface area contributed by atoms with Crippen molar-refractivity contribution in [2.24, 2.45) is 0 Å². The maximum atomic E-state index is 11.8. The molecule has 3 nitrogen and oxygen atoms in total. The Hall–Kier alpha value is -1.04. The Labute approximate surface area is 83.3 Å². The largest absolute Gasteiger partial charge is 0.405 e. The van der Waals surface area contributed by atoms with E-state index >= 15 is 0 Å². The lowest BCUT2D eigenvalue weighted by molar-refractivity contribution is -0.115. The molecule has 7 heteroatoms. The topological polar surface area (TPSA) is 37.8 Å². The molecule has 0 aliphatic rings. The third-order valence-corrected chi connectivity index (χ3v) is 1.47. The van der Waals surface area contributed by atoms with Gasteiger partial charge >= 0.3 is 6.18 Å². The third-order valence-electron chi connectivity index (χ3n) is 1.30. The zero-order chi connectivity index (χ0) is 10.8. The average Bonchev–Trinajstić information content (AvgIpc) is 1.97. The van der Waals surface area contributed by atoms with Crippen LogP contribution >= 0.6 is 11.6 Å². The summed E-state index contributed by atoms with van der Waals surface area (Å²) in [5, 5.41) is 2.03. The fourth-order valence-electron chi connectivity index (χ4n) is 0.814. The minimum Gasteiger partial charge on any atom is -0.361 e. The van der Waals surface area contributed by atoms with Crippen LogP contribution in [0.3, 0.4) is 0 Å². The molecule has 0 radical (unpaired) electrons. The molecular weight excluding hydrogens is 219 g/mol. The standard InChI is InChI=1S/C7H7ClF3N3/c1-4-2-5(14-6(8)13-4)12-3-7(9,10)11/h2H,3H2,1H3,(H,12,13,14). The van der Waals surface area contributed by atoms with E-state index in [0.717, 1.165) is 0 Å². The van der Waals surface area contributed by atoms with Crippen LogP contribution in [0.4, 0.5) is 19.0 Å². The zero-order valence-electron chi connectivity index (χ0n) is 7.19. The first kappa shape index (κ1) is 11.0. The van der Waals surface area contributed by atoms with Crippen LogP contribution in [0.2, 0.25) is 5.28 Å². The van der Waals surface area contributed by atoms with E-state index in [0.29, 0.717) is 5.69 Å². The maximum absolute atomic E-state index is 11.8. The van der Waals surface area contributed by atoms with Gasteiger partial charge in [-0.05, 0) is 18.5 Å². The Bertz CT molecular complexity index is 306. The summed E-state index contributed by atoms with van der Waals surface area (Å²) in [4.78, 5) is 7.29. The molecule has 1 heterocycles. The number of hydrogen-bond acceptors (Lipinski definition) is 3. The first-order valence-corrected chi connectivity index (χ1v) is 4.06. The van der Waals surface area contributed by atoms with Crippen molar-refractivity contribution in [2.45, 2.75) is 13.1 Å². The minimum atomic E-state index is -4.27. The number of nitrogens with one attached hydrogen (secondary N) is 1. The summed E-state index contributed by atoms with van der Waals surface area (Å²) in [7, 11) is 0. The molecule has 1 rings (SSSR count). The highest BCUT2D eigenvalue weighted by atomic mass is 35.5. The lowest BCUT2D eigenvalue weighted by Gasteiger charge is -2.08. The van der Waals surface area contributed by atoms with Gasteiger partial charge in [0.2, 0.25) is 5.28 Å². The zero-order valence-corrected chi connectivity index (χ0v) is 7.95. The van der Waals surface area contributed by atoms with Gasteiger partial charge in [-0.1, -0.05) is 0 Å². The fourth-order valence-corrected chi connectivity index (χ4v) is 1.04. The van der Waals surface area contributed by atoms with Crippen LogP contribution in [-0.4, -0.2) is 22.7 Å². The highest BCUT2D eigenvalue weighted by Gasteiger charge is 2.26. The molecule has 0 aliphatic carbocycles. The summed E-state index contributed by atoms with van der Waals surface area (Å²) in [6.45, 7) is 0.478. The molecule has 0 aromatic carbocycles. The van der Waals surface area contributed by atoms with Crippen molar-refractivity contribution in [3.8, 4) is 0 Å². The van der Waals surface area contributed by atoms with Crippen LogP contribution in [0.1, 0.15) is 5.69 Å². The quantitative estimate of drug-likeness (QED) is 0.786. The number of alkyl halides is 3. The summed E-state index contributed by atoms with van der Waals surface area (Å²) in [5.74, 6) is 0.0693. The van der Waals surface area contributed by atoms with E-state index in [2.05, 4.69) is 15.3 Å². The van der Waals surface area contributed by atoms with E-state index in [4.69, 9.17) is 11.6 Å². The van der Waals surface area contributed by atoms with E-state index in [-0.39, 0.29) is 11.1 Å². The lowest BCUT2D eigenvalue weighted by Crippen LogP contribution is -2.21. The Morgan fingerprint density at radius 3 is 2.57 bits per heavy atom. The molecule has 0 unspecified atom stereocenters. The lowest BCUT2D eigenvalue weighted by atomic mass is 10.4. The van der Waals surface area contributed by atoms with Crippen LogP contribution < -0.4 is 5.32 Å². The molecule has 78 valence electrons. The number of hydrogen-bond donors (Lipinski definition) is 1. The number of rotatable bonds is 2. The molecule has 1 N–H and O–H groups in total. The van der Waals surface area contributed by atoms with Gasteiger partial charge in [0.25, 0.3) is 0 Å². The molecule has 0 aliphatic heterocycles. The molecule has 0 spiro atoms. The second kappa shape index (κ2) is 4.00. The van der Waals surface area contributed by atoms with Gasteiger partial charge in [-0.15, -0.1) is 0 Å². The third kappa shape index (κ3) is 3.78. The Morgan fingerprint density at radius 2 is 2.07 bits per heavy atom. The number of aryl methyl sites for hydroxylation is 1. The Kier molecular flexibility index (Phi) is 3.15. The van der Waals surface area contributed by atoms with Gasteiger partial charge in [-0.3, -0.25) is 0 Å². The van der Waals surface area contributed by atoms with Gasteiger partial charge in [0.05, 0.1) is 0 Å². The highest BCUT2D eigenvalue weighted by molar-refractivity contribution is 6.28. The summed E-state index contributed by atoms with van der Waals surface area (Å²) in [5.41, 5.74) is 0.509. The monoisotopic (exact) mass is 225 g/mol. The van der Waals surface area contributed by atoms with Gasteiger partial charge in [-0.25, -0.2) is 9.97 Å². The van der Waals surface area contributed by atoms with Gasteiger partial charge in [0.1, 0.15) is 12.4 Å². The predicted octanol–water partition coefficient (Wildman–Crippen LogP) is 2.41. The average molecular weight is 226 g/mol.